The first kappa shape index (κ1) is 27.8. The number of aliphatic hydroxyl groups is 1. The third kappa shape index (κ3) is 9.07. The third-order valence-corrected chi connectivity index (χ3v) is 10.8. The summed E-state index contributed by atoms with van der Waals surface area (Å²) in [5, 5.41) is 10.3. The molecule has 1 aliphatic heterocycles. The predicted molar refractivity (Wildman–Crippen MR) is 129 cm³/mol. The highest BCUT2D eigenvalue weighted by atomic mass is 79.9. The van der Waals surface area contributed by atoms with Crippen molar-refractivity contribution in [2.45, 2.75) is 95.8 Å². The summed E-state index contributed by atoms with van der Waals surface area (Å²) in [6.45, 7) is 13.2. The molecular weight excluding hydrogens is 464 g/mol. The molecule has 0 aromatic heterocycles. The molecule has 1 rings (SSSR count). The Kier molecular flexibility index (Phi) is 11.7. The van der Waals surface area contributed by atoms with Crippen LogP contribution in [0.2, 0.25) is 18.1 Å². The number of methoxy groups -OCH3 is 2. The van der Waals surface area contributed by atoms with Crippen LogP contribution in [0.5, 0.6) is 0 Å². The first-order chi connectivity index (χ1) is 13.9. The second-order valence-corrected chi connectivity index (χ2v) is 14.7. The molecule has 1 unspecified atom stereocenters. The molecule has 1 fully saturated rings. The summed E-state index contributed by atoms with van der Waals surface area (Å²) in [5.74, 6) is 0. The van der Waals surface area contributed by atoms with Crippen molar-refractivity contribution in [2.75, 3.05) is 14.2 Å². The average molecular weight is 506 g/mol. The number of aliphatic hydroxyl groups excluding tert-OH is 1. The predicted octanol–water partition coefficient (Wildman–Crippen LogP) is 5.71. The van der Waals surface area contributed by atoms with Gasteiger partial charge in [-0.15, -0.1) is 0 Å². The molecule has 1 N–H and O–H groups in total. The zero-order chi connectivity index (χ0) is 22.9. The Balaban J connectivity index is 3.11. The Morgan fingerprint density at radius 1 is 1.27 bits per heavy atom. The van der Waals surface area contributed by atoms with E-state index >= 15 is 0 Å². The Hall–Kier alpha value is -0.283. The zero-order valence-electron chi connectivity index (χ0n) is 19.9. The maximum atomic E-state index is 10.2. The van der Waals surface area contributed by atoms with Gasteiger partial charge in [0.25, 0.3) is 0 Å². The molecule has 7 heteroatoms. The van der Waals surface area contributed by atoms with Crippen LogP contribution in [0, 0.1) is 0 Å². The molecule has 30 heavy (non-hydrogen) atoms. The van der Waals surface area contributed by atoms with E-state index in [4.69, 9.17) is 18.6 Å². The molecule has 0 amide bonds. The number of ether oxygens (including phenoxy) is 3. The second-order valence-electron chi connectivity index (χ2n) is 9.44. The Morgan fingerprint density at radius 2 is 1.93 bits per heavy atom. The number of hydrogen-bond donors (Lipinski definition) is 1. The Morgan fingerprint density at radius 3 is 2.47 bits per heavy atom. The molecule has 0 aliphatic carbocycles. The van der Waals surface area contributed by atoms with Crippen LogP contribution in [0.4, 0.5) is 0 Å². The summed E-state index contributed by atoms with van der Waals surface area (Å²) < 4.78 is 23.7. The molecule has 1 saturated heterocycles. The highest BCUT2D eigenvalue weighted by Gasteiger charge is 2.42. The summed E-state index contributed by atoms with van der Waals surface area (Å²) in [5.41, 5.74) is 1.07. The number of rotatable bonds is 10. The lowest BCUT2D eigenvalue weighted by molar-refractivity contribution is -0.208. The third-order valence-electron chi connectivity index (χ3n) is 5.99. The van der Waals surface area contributed by atoms with Crippen LogP contribution in [0.3, 0.4) is 0 Å². The van der Waals surface area contributed by atoms with E-state index in [0.717, 1.165) is 12.0 Å². The van der Waals surface area contributed by atoms with E-state index in [-0.39, 0.29) is 29.5 Å². The van der Waals surface area contributed by atoms with Crippen molar-refractivity contribution >= 4 is 24.2 Å². The minimum Gasteiger partial charge on any atom is -0.408 e. The van der Waals surface area contributed by atoms with Crippen molar-refractivity contribution in [1.29, 1.82) is 0 Å². The lowest BCUT2D eigenvalue weighted by Gasteiger charge is -2.43. The molecule has 0 bridgehead atoms. The summed E-state index contributed by atoms with van der Waals surface area (Å²) in [6, 6.07) is 0. The zero-order valence-corrected chi connectivity index (χ0v) is 22.4. The highest BCUT2D eigenvalue weighted by molar-refractivity contribution is 9.11. The van der Waals surface area contributed by atoms with Gasteiger partial charge in [0, 0.05) is 27.1 Å². The molecule has 0 aromatic carbocycles. The number of hydrogen-bond acceptors (Lipinski definition) is 5. The summed E-state index contributed by atoms with van der Waals surface area (Å²) in [4.78, 5) is 1.84. The van der Waals surface area contributed by atoms with Crippen molar-refractivity contribution < 1.29 is 23.7 Å². The molecule has 1 aliphatic rings. The minimum absolute atomic E-state index is 0.00698. The molecule has 0 spiro atoms. The van der Waals surface area contributed by atoms with Gasteiger partial charge in [0.05, 0.1) is 24.4 Å². The maximum absolute atomic E-state index is 10.2. The van der Waals surface area contributed by atoms with Crippen LogP contribution in [0.1, 0.15) is 47.0 Å². The van der Waals surface area contributed by atoms with Crippen molar-refractivity contribution in [3.05, 3.63) is 34.9 Å². The first-order valence-electron chi connectivity index (χ1n) is 10.6. The Bertz CT molecular complexity index is 597. The van der Waals surface area contributed by atoms with E-state index in [9.17, 15) is 5.11 Å². The quantitative estimate of drug-likeness (QED) is 0.305. The monoisotopic (exact) mass is 504 g/mol. The van der Waals surface area contributed by atoms with Gasteiger partial charge in [-0.1, -0.05) is 66.6 Å². The van der Waals surface area contributed by atoms with E-state index in [1.54, 1.807) is 14.2 Å². The molecule has 0 radical (unpaired) electrons. The smallest absolute Gasteiger partial charge is 0.193 e. The first-order valence-corrected chi connectivity index (χ1v) is 14.4. The fraction of sp³-hybridized carbons (Fsp3) is 0.739. The number of halogens is 1. The lowest BCUT2D eigenvalue weighted by Crippen LogP contribution is -2.50. The van der Waals surface area contributed by atoms with Crippen LogP contribution < -0.4 is 0 Å². The SMILES string of the molecule is CO[C@H]1CC(O)O[C@@H]([C@@H](/C=C(C)/C=C/[C@@H](C/C=C/Br)OC)O[Si](C)(C)C(C)(C)C)C1. The molecule has 0 saturated carbocycles. The van der Waals surface area contributed by atoms with Gasteiger partial charge in [-0.3, -0.25) is 0 Å². The van der Waals surface area contributed by atoms with Gasteiger partial charge in [0.1, 0.15) is 0 Å². The van der Waals surface area contributed by atoms with Gasteiger partial charge in [0.15, 0.2) is 14.6 Å². The van der Waals surface area contributed by atoms with Crippen molar-refractivity contribution in [1.82, 2.24) is 0 Å². The largest absolute Gasteiger partial charge is 0.408 e. The minimum atomic E-state index is -2.05. The van der Waals surface area contributed by atoms with Gasteiger partial charge < -0.3 is 23.7 Å². The summed E-state index contributed by atoms with van der Waals surface area (Å²) in [6.07, 6.45) is 8.83. The molecule has 1 heterocycles. The van der Waals surface area contributed by atoms with Gasteiger partial charge in [-0.2, -0.15) is 0 Å². The van der Waals surface area contributed by atoms with Crippen LogP contribution >= 0.6 is 15.9 Å². The van der Waals surface area contributed by atoms with E-state index < -0.39 is 14.6 Å². The van der Waals surface area contributed by atoms with Crippen molar-refractivity contribution in [2.24, 2.45) is 0 Å². The molecule has 0 aromatic rings. The molecule has 5 nitrogen and oxygen atoms in total. The van der Waals surface area contributed by atoms with Crippen molar-refractivity contribution in [3.63, 3.8) is 0 Å². The Labute approximate surface area is 192 Å². The highest BCUT2D eigenvalue weighted by Crippen LogP contribution is 2.39. The summed E-state index contributed by atoms with van der Waals surface area (Å²) >= 11 is 3.29. The van der Waals surface area contributed by atoms with E-state index in [0.29, 0.717) is 12.8 Å². The van der Waals surface area contributed by atoms with Crippen LogP contribution in [0.15, 0.2) is 34.9 Å². The number of allylic oxidation sites excluding steroid dienone is 2. The second kappa shape index (κ2) is 12.7. The molecular formula is C23H41BrO5Si. The normalized spacial score (nSPS) is 26.5. The van der Waals surface area contributed by atoms with Crippen LogP contribution in [0.25, 0.3) is 0 Å². The van der Waals surface area contributed by atoms with Gasteiger partial charge in [-0.25, -0.2) is 0 Å². The lowest BCUT2D eigenvalue weighted by atomic mass is 9.99. The summed E-state index contributed by atoms with van der Waals surface area (Å²) in [7, 11) is 1.34. The van der Waals surface area contributed by atoms with Gasteiger partial charge in [0.2, 0.25) is 0 Å². The molecule has 174 valence electrons. The van der Waals surface area contributed by atoms with E-state index in [1.807, 2.05) is 11.1 Å². The van der Waals surface area contributed by atoms with E-state index in [2.05, 4.69) is 74.9 Å². The average Bonchev–Trinajstić information content (AvgIpc) is 2.66. The van der Waals surface area contributed by atoms with Crippen molar-refractivity contribution in [3.8, 4) is 0 Å². The maximum Gasteiger partial charge on any atom is 0.193 e. The van der Waals surface area contributed by atoms with Gasteiger partial charge in [-0.05, 0) is 36.5 Å². The standard InChI is InChI=1S/C23H41BrO5Si/c1-17(11-12-18(26-5)10-9-13-24)14-21(29-30(7,8)23(2,3)4)20-15-19(27-6)16-22(25)28-20/h9,11-14,18-22,25H,10,15-16H2,1-8H3/b12-11+,13-9+,17-14+/t18-,19-,20-,21-,22?/m1/s1. The van der Waals surface area contributed by atoms with E-state index in [1.165, 1.54) is 0 Å². The fourth-order valence-electron chi connectivity index (χ4n) is 3.04. The topological polar surface area (TPSA) is 57.2 Å². The molecule has 5 atom stereocenters. The van der Waals surface area contributed by atoms with Crippen LogP contribution in [-0.2, 0) is 18.6 Å². The fourth-order valence-corrected chi connectivity index (χ4v) is 4.51. The van der Waals surface area contributed by atoms with Crippen LogP contribution in [-0.4, -0.2) is 58.3 Å². The van der Waals surface area contributed by atoms with Gasteiger partial charge >= 0.3 is 0 Å².